The van der Waals surface area contributed by atoms with Crippen LogP contribution < -0.4 is 5.32 Å². The topological polar surface area (TPSA) is 63.1 Å². The highest BCUT2D eigenvalue weighted by Crippen LogP contribution is 1.91. The SMILES string of the molecule is CCN(CC)C(=O)NCCc1ncn(C)n1. The van der Waals surface area contributed by atoms with Crippen molar-refractivity contribution in [3.8, 4) is 0 Å². The number of urea groups is 1. The second-order valence-corrected chi connectivity index (χ2v) is 3.49. The maximum Gasteiger partial charge on any atom is 0.317 e. The first-order chi connectivity index (χ1) is 7.67. The van der Waals surface area contributed by atoms with E-state index in [1.54, 1.807) is 15.9 Å². The summed E-state index contributed by atoms with van der Waals surface area (Å²) in [6.07, 6.45) is 2.31. The lowest BCUT2D eigenvalue weighted by Gasteiger charge is -2.18. The summed E-state index contributed by atoms with van der Waals surface area (Å²) in [5, 5.41) is 6.97. The van der Waals surface area contributed by atoms with Gasteiger partial charge in [0.25, 0.3) is 0 Å². The van der Waals surface area contributed by atoms with E-state index in [-0.39, 0.29) is 6.03 Å². The van der Waals surface area contributed by atoms with E-state index in [0.717, 1.165) is 18.9 Å². The molecule has 0 saturated carbocycles. The van der Waals surface area contributed by atoms with Gasteiger partial charge < -0.3 is 10.2 Å². The van der Waals surface area contributed by atoms with Crippen LogP contribution in [0.1, 0.15) is 19.7 Å². The Labute approximate surface area is 95.6 Å². The van der Waals surface area contributed by atoms with Gasteiger partial charge in [0.1, 0.15) is 6.33 Å². The third kappa shape index (κ3) is 3.52. The van der Waals surface area contributed by atoms with E-state index in [1.165, 1.54) is 0 Å². The summed E-state index contributed by atoms with van der Waals surface area (Å²) < 4.78 is 1.65. The lowest BCUT2D eigenvalue weighted by atomic mass is 10.4. The van der Waals surface area contributed by atoms with Crippen LogP contribution in [0, 0.1) is 0 Å². The van der Waals surface area contributed by atoms with Crippen LogP contribution in [0.5, 0.6) is 0 Å². The van der Waals surface area contributed by atoms with Crippen molar-refractivity contribution in [3.05, 3.63) is 12.2 Å². The number of nitrogens with one attached hydrogen (secondary N) is 1. The Hall–Kier alpha value is -1.59. The van der Waals surface area contributed by atoms with E-state index in [0.29, 0.717) is 13.0 Å². The van der Waals surface area contributed by atoms with E-state index < -0.39 is 0 Å². The molecule has 0 spiro atoms. The molecule has 1 N–H and O–H groups in total. The van der Waals surface area contributed by atoms with Crippen molar-refractivity contribution in [3.63, 3.8) is 0 Å². The van der Waals surface area contributed by atoms with Gasteiger partial charge in [-0.2, -0.15) is 5.10 Å². The minimum Gasteiger partial charge on any atom is -0.338 e. The van der Waals surface area contributed by atoms with Crippen LogP contribution in [0.3, 0.4) is 0 Å². The Bertz CT molecular complexity index is 332. The molecule has 0 radical (unpaired) electrons. The molecule has 0 aliphatic carbocycles. The van der Waals surface area contributed by atoms with E-state index in [2.05, 4.69) is 15.4 Å². The summed E-state index contributed by atoms with van der Waals surface area (Å²) in [6, 6.07) is -0.0269. The standard InChI is InChI=1S/C10H19N5O/c1-4-15(5-2)10(16)11-7-6-9-12-8-14(3)13-9/h8H,4-7H2,1-3H3,(H,11,16). The zero-order chi connectivity index (χ0) is 12.0. The van der Waals surface area contributed by atoms with E-state index in [4.69, 9.17) is 0 Å². The molecule has 0 atom stereocenters. The molecule has 0 aliphatic heterocycles. The fourth-order valence-corrected chi connectivity index (χ4v) is 1.40. The predicted octanol–water partition coefficient (Wildman–Crippen LogP) is 0.409. The normalized spacial score (nSPS) is 10.2. The number of hydrogen-bond donors (Lipinski definition) is 1. The first-order valence-electron chi connectivity index (χ1n) is 5.54. The number of rotatable bonds is 5. The molecule has 1 aromatic rings. The first kappa shape index (κ1) is 12.5. The third-order valence-electron chi connectivity index (χ3n) is 2.32. The van der Waals surface area contributed by atoms with Crippen molar-refractivity contribution >= 4 is 6.03 Å². The minimum atomic E-state index is -0.0269. The van der Waals surface area contributed by atoms with Gasteiger partial charge in [-0.25, -0.2) is 9.78 Å². The molecule has 0 bridgehead atoms. The highest BCUT2D eigenvalue weighted by Gasteiger charge is 2.08. The van der Waals surface area contributed by atoms with Crippen molar-refractivity contribution < 1.29 is 4.79 Å². The zero-order valence-corrected chi connectivity index (χ0v) is 10.1. The zero-order valence-electron chi connectivity index (χ0n) is 10.1. The van der Waals surface area contributed by atoms with Gasteiger partial charge in [-0.3, -0.25) is 4.68 Å². The fraction of sp³-hybridized carbons (Fsp3) is 0.700. The van der Waals surface area contributed by atoms with E-state index >= 15 is 0 Å². The monoisotopic (exact) mass is 225 g/mol. The number of nitrogens with zero attached hydrogens (tertiary/aromatic N) is 4. The summed E-state index contributed by atoms with van der Waals surface area (Å²) in [6.45, 7) is 5.94. The number of aromatic nitrogens is 3. The summed E-state index contributed by atoms with van der Waals surface area (Å²) in [4.78, 5) is 17.4. The van der Waals surface area contributed by atoms with Crippen LogP contribution >= 0.6 is 0 Å². The Morgan fingerprint density at radius 1 is 1.50 bits per heavy atom. The van der Waals surface area contributed by atoms with Crippen LogP contribution in [0.2, 0.25) is 0 Å². The largest absolute Gasteiger partial charge is 0.338 e. The fourth-order valence-electron chi connectivity index (χ4n) is 1.40. The van der Waals surface area contributed by atoms with Crippen molar-refractivity contribution in [1.29, 1.82) is 0 Å². The van der Waals surface area contributed by atoms with Crippen LogP contribution in [0.25, 0.3) is 0 Å². The lowest BCUT2D eigenvalue weighted by molar-refractivity contribution is 0.203. The van der Waals surface area contributed by atoms with Gasteiger partial charge in [-0.15, -0.1) is 0 Å². The number of hydrogen-bond acceptors (Lipinski definition) is 3. The molecular formula is C10H19N5O. The van der Waals surface area contributed by atoms with Crippen LogP contribution in [0.4, 0.5) is 4.79 Å². The van der Waals surface area contributed by atoms with Gasteiger partial charge in [-0.05, 0) is 13.8 Å². The molecule has 16 heavy (non-hydrogen) atoms. The molecule has 1 rings (SSSR count). The van der Waals surface area contributed by atoms with Crippen molar-refractivity contribution in [1.82, 2.24) is 25.0 Å². The van der Waals surface area contributed by atoms with Gasteiger partial charge in [0.05, 0.1) is 0 Å². The molecule has 1 aromatic heterocycles. The lowest BCUT2D eigenvalue weighted by Crippen LogP contribution is -2.40. The predicted molar refractivity (Wildman–Crippen MR) is 61.0 cm³/mol. The Morgan fingerprint density at radius 3 is 2.69 bits per heavy atom. The number of aryl methyl sites for hydroxylation is 1. The average molecular weight is 225 g/mol. The molecule has 90 valence electrons. The van der Waals surface area contributed by atoms with Gasteiger partial charge in [-0.1, -0.05) is 0 Å². The molecule has 0 aromatic carbocycles. The highest BCUT2D eigenvalue weighted by atomic mass is 16.2. The highest BCUT2D eigenvalue weighted by molar-refractivity contribution is 5.74. The average Bonchev–Trinajstić information content (AvgIpc) is 2.66. The van der Waals surface area contributed by atoms with Crippen LogP contribution in [0.15, 0.2) is 6.33 Å². The van der Waals surface area contributed by atoms with Gasteiger partial charge in [0.2, 0.25) is 0 Å². The van der Waals surface area contributed by atoms with Gasteiger partial charge in [0.15, 0.2) is 5.82 Å². The summed E-state index contributed by atoms with van der Waals surface area (Å²) in [5.41, 5.74) is 0. The summed E-state index contributed by atoms with van der Waals surface area (Å²) in [7, 11) is 1.82. The first-order valence-corrected chi connectivity index (χ1v) is 5.54. The molecule has 0 fully saturated rings. The minimum absolute atomic E-state index is 0.0269. The van der Waals surface area contributed by atoms with Crippen molar-refractivity contribution in [2.45, 2.75) is 20.3 Å². The third-order valence-corrected chi connectivity index (χ3v) is 2.32. The summed E-state index contributed by atoms with van der Waals surface area (Å²) in [5.74, 6) is 0.752. The van der Waals surface area contributed by atoms with Gasteiger partial charge in [0, 0.05) is 33.1 Å². The quantitative estimate of drug-likeness (QED) is 0.789. The maximum absolute atomic E-state index is 11.6. The Kier molecular flexibility index (Phi) is 4.75. The summed E-state index contributed by atoms with van der Waals surface area (Å²) >= 11 is 0. The smallest absolute Gasteiger partial charge is 0.317 e. The molecule has 0 saturated heterocycles. The number of amides is 2. The van der Waals surface area contributed by atoms with E-state index in [9.17, 15) is 4.79 Å². The Balaban J connectivity index is 2.27. The maximum atomic E-state index is 11.6. The molecular weight excluding hydrogens is 206 g/mol. The molecule has 6 nitrogen and oxygen atoms in total. The second kappa shape index (κ2) is 6.09. The molecule has 2 amide bonds. The van der Waals surface area contributed by atoms with Gasteiger partial charge >= 0.3 is 6.03 Å². The Morgan fingerprint density at radius 2 is 2.19 bits per heavy atom. The van der Waals surface area contributed by atoms with Crippen molar-refractivity contribution in [2.24, 2.45) is 7.05 Å². The second-order valence-electron chi connectivity index (χ2n) is 3.49. The van der Waals surface area contributed by atoms with Crippen LogP contribution in [-0.4, -0.2) is 45.3 Å². The van der Waals surface area contributed by atoms with E-state index in [1.807, 2.05) is 20.9 Å². The molecule has 1 heterocycles. The van der Waals surface area contributed by atoms with Crippen molar-refractivity contribution in [2.75, 3.05) is 19.6 Å². The molecule has 0 unspecified atom stereocenters. The number of carbonyl (C=O) groups is 1. The molecule has 0 aliphatic rings. The molecule has 6 heteroatoms. The number of carbonyl (C=O) groups excluding carboxylic acids is 1. The van der Waals surface area contributed by atoms with Crippen LogP contribution in [-0.2, 0) is 13.5 Å².